The van der Waals surface area contributed by atoms with Crippen LogP contribution in [0.4, 0.5) is 0 Å². The van der Waals surface area contributed by atoms with Gasteiger partial charge in [-0.3, -0.25) is 4.98 Å². The maximum atomic E-state index is 6.44. The zero-order chi connectivity index (χ0) is 14.8. The van der Waals surface area contributed by atoms with Crippen molar-refractivity contribution in [2.75, 3.05) is 7.11 Å². The van der Waals surface area contributed by atoms with Gasteiger partial charge in [0.1, 0.15) is 5.75 Å². The topological polar surface area (TPSA) is 48.1 Å². The average molecular weight is 270 g/mol. The number of nitrogens with zero attached hydrogens (tertiary/aromatic N) is 1. The van der Waals surface area contributed by atoms with Crippen molar-refractivity contribution in [2.45, 2.75) is 32.2 Å². The second kappa shape index (κ2) is 5.63. The van der Waals surface area contributed by atoms with E-state index in [-0.39, 0.29) is 11.5 Å². The highest BCUT2D eigenvalue weighted by Crippen LogP contribution is 2.31. The summed E-state index contributed by atoms with van der Waals surface area (Å²) in [4.78, 5) is 4.19. The highest BCUT2D eigenvalue weighted by Gasteiger charge is 2.21. The maximum absolute atomic E-state index is 6.44. The van der Waals surface area contributed by atoms with Crippen molar-refractivity contribution < 1.29 is 4.74 Å². The SMILES string of the molecule is COc1cncc(C(N)c2ccccc2C(C)(C)C)c1. The van der Waals surface area contributed by atoms with E-state index >= 15 is 0 Å². The minimum atomic E-state index is -0.201. The lowest BCUT2D eigenvalue weighted by molar-refractivity contribution is 0.412. The highest BCUT2D eigenvalue weighted by atomic mass is 16.5. The number of ether oxygens (including phenoxy) is 1. The van der Waals surface area contributed by atoms with Crippen molar-refractivity contribution >= 4 is 0 Å². The fraction of sp³-hybridized carbons (Fsp3) is 0.353. The summed E-state index contributed by atoms with van der Waals surface area (Å²) in [5.74, 6) is 0.728. The molecule has 3 nitrogen and oxygen atoms in total. The van der Waals surface area contributed by atoms with Crippen LogP contribution in [0.1, 0.15) is 43.5 Å². The van der Waals surface area contributed by atoms with Crippen LogP contribution in [0.15, 0.2) is 42.7 Å². The first kappa shape index (κ1) is 14.5. The van der Waals surface area contributed by atoms with Crippen LogP contribution in [0.2, 0.25) is 0 Å². The molecule has 0 saturated heterocycles. The van der Waals surface area contributed by atoms with Crippen LogP contribution in [0.3, 0.4) is 0 Å². The van der Waals surface area contributed by atoms with Gasteiger partial charge in [-0.25, -0.2) is 0 Å². The molecule has 0 bridgehead atoms. The number of methoxy groups -OCH3 is 1. The van der Waals surface area contributed by atoms with Crippen LogP contribution in [-0.4, -0.2) is 12.1 Å². The van der Waals surface area contributed by atoms with Gasteiger partial charge in [-0.1, -0.05) is 45.0 Å². The molecule has 3 heteroatoms. The summed E-state index contributed by atoms with van der Waals surface area (Å²) in [5.41, 5.74) is 9.85. The van der Waals surface area contributed by atoms with Crippen molar-refractivity contribution in [3.8, 4) is 5.75 Å². The van der Waals surface area contributed by atoms with Crippen molar-refractivity contribution in [1.82, 2.24) is 4.98 Å². The molecule has 0 aliphatic rings. The molecule has 106 valence electrons. The Morgan fingerprint density at radius 1 is 1.15 bits per heavy atom. The third-order valence-electron chi connectivity index (χ3n) is 3.43. The molecular formula is C17H22N2O. The van der Waals surface area contributed by atoms with E-state index < -0.39 is 0 Å². The van der Waals surface area contributed by atoms with E-state index in [1.165, 1.54) is 5.56 Å². The van der Waals surface area contributed by atoms with Crippen molar-refractivity contribution in [1.29, 1.82) is 0 Å². The molecule has 1 aromatic heterocycles. The molecule has 1 atom stereocenters. The normalized spacial score (nSPS) is 13.1. The Morgan fingerprint density at radius 3 is 2.50 bits per heavy atom. The number of aromatic nitrogens is 1. The van der Waals surface area contributed by atoms with E-state index in [9.17, 15) is 0 Å². The van der Waals surface area contributed by atoms with Gasteiger partial charge in [0.25, 0.3) is 0 Å². The summed E-state index contributed by atoms with van der Waals surface area (Å²) < 4.78 is 5.22. The van der Waals surface area contributed by atoms with Crippen LogP contribution in [0.25, 0.3) is 0 Å². The summed E-state index contributed by atoms with van der Waals surface area (Å²) in [6.07, 6.45) is 3.48. The zero-order valence-corrected chi connectivity index (χ0v) is 12.6. The minimum absolute atomic E-state index is 0.0561. The van der Waals surface area contributed by atoms with E-state index in [2.05, 4.69) is 44.0 Å². The minimum Gasteiger partial charge on any atom is -0.495 e. The molecule has 2 aromatic rings. The van der Waals surface area contributed by atoms with E-state index in [1.54, 1.807) is 19.5 Å². The summed E-state index contributed by atoms with van der Waals surface area (Å²) in [7, 11) is 1.63. The monoisotopic (exact) mass is 270 g/mol. The van der Waals surface area contributed by atoms with Crippen molar-refractivity contribution in [2.24, 2.45) is 5.73 Å². The maximum Gasteiger partial charge on any atom is 0.137 e. The predicted octanol–water partition coefficient (Wildman–Crippen LogP) is 3.44. The van der Waals surface area contributed by atoms with Gasteiger partial charge < -0.3 is 10.5 Å². The Balaban J connectivity index is 2.45. The molecule has 1 aromatic carbocycles. The van der Waals surface area contributed by atoms with Crippen LogP contribution < -0.4 is 10.5 Å². The fourth-order valence-electron chi connectivity index (χ4n) is 2.35. The number of rotatable bonds is 3. The van der Waals surface area contributed by atoms with Crippen LogP contribution in [-0.2, 0) is 5.41 Å². The highest BCUT2D eigenvalue weighted by molar-refractivity contribution is 5.41. The number of hydrogen-bond acceptors (Lipinski definition) is 3. The zero-order valence-electron chi connectivity index (χ0n) is 12.6. The number of benzene rings is 1. The molecule has 0 aliphatic carbocycles. The Labute approximate surface area is 120 Å². The van der Waals surface area contributed by atoms with Crippen molar-refractivity contribution in [3.63, 3.8) is 0 Å². The Bertz CT molecular complexity index is 588. The third-order valence-corrected chi connectivity index (χ3v) is 3.43. The van der Waals surface area contributed by atoms with Crippen LogP contribution >= 0.6 is 0 Å². The second-order valence-electron chi connectivity index (χ2n) is 5.97. The first-order chi connectivity index (χ1) is 9.43. The number of pyridine rings is 1. The summed E-state index contributed by atoms with van der Waals surface area (Å²) in [6, 6.07) is 10.1. The van der Waals surface area contributed by atoms with Gasteiger partial charge in [0, 0.05) is 6.20 Å². The number of hydrogen-bond donors (Lipinski definition) is 1. The molecule has 2 rings (SSSR count). The molecule has 0 spiro atoms. The molecule has 1 heterocycles. The van der Waals surface area contributed by atoms with Crippen molar-refractivity contribution in [3.05, 3.63) is 59.4 Å². The molecule has 1 unspecified atom stereocenters. The van der Waals surface area contributed by atoms with Gasteiger partial charge in [0.15, 0.2) is 0 Å². The van der Waals surface area contributed by atoms with Gasteiger partial charge in [-0.2, -0.15) is 0 Å². The smallest absolute Gasteiger partial charge is 0.137 e. The summed E-state index contributed by atoms with van der Waals surface area (Å²) in [5, 5.41) is 0. The predicted molar refractivity (Wildman–Crippen MR) is 82.0 cm³/mol. The summed E-state index contributed by atoms with van der Waals surface area (Å²) in [6.45, 7) is 6.59. The second-order valence-corrected chi connectivity index (χ2v) is 5.97. The Kier molecular flexibility index (Phi) is 4.09. The lowest BCUT2D eigenvalue weighted by atomic mass is 9.81. The molecule has 0 amide bonds. The van der Waals surface area contributed by atoms with Gasteiger partial charge >= 0.3 is 0 Å². The Hall–Kier alpha value is -1.87. The number of nitrogens with two attached hydrogens (primary N) is 1. The van der Waals surface area contributed by atoms with Gasteiger partial charge in [-0.05, 0) is 28.2 Å². The molecule has 0 radical (unpaired) electrons. The molecule has 0 aliphatic heterocycles. The molecule has 0 saturated carbocycles. The lowest BCUT2D eigenvalue weighted by Crippen LogP contribution is -2.20. The van der Waals surface area contributed by atoms with E-state index in [1.807, 2.05) is 12.1 Å². The molecule has 20 heavy (non-hydrogen) atoms. The lowest BCUT2D eigenvalue weighted by Gasteiger charge is -2.26. The fourth-order valence-corrected chi connectivity index (χ4v) is 2.35. The standard InChI is InChI=1S/C17H22N2O/c1-17(2,3)15-8-6-5-7-14(15)16(18)12-9-13(20-4)11-19-10-12/h5-11,16H,18H2,1-4H3. The summed E-state index contributed by atoms with van der Waals surface area (Å²) >= 11 is 0. The molecule has 2 N–H and O–H groups in total. The first-order valence-corrected chi connectivity index (χ1v) is 6.77. The third kappa shape index (κ3) is 2.99. The molecular weight excluding hydrogens is 248 g/mol. The quantitative estimate of drug-likeness (QED) is 0.929. The molecule has 0 fully saturated rings. The van der Waals surface area contributed by atoms with Crippen LogP contribution in [0.5, 0.6) is 5.75 Å². The van der Waals surface area contributed by atoms with Gasteiger partial charge in [-0.15, -0.1) is 0 Å². The first-order valence-electron chi connectivity index (χ1n) is 6.77. The average Bonchev–Trinajstić information content (AvgIpc) is 2.45. The van der Waals surface area contributed by atoms with Gasteiger partial charge in [0.2, 0.25) is 0 Å². The largest absolute Gasteiger partial charge is 0.495 e. The Morgan fingerprint density at radius 2 is 1.85 bits per heavy atom. The van der Waals surface area contributed by atoms with Crippen LogP contribution in [0, 0.1) is 0 Å². The van der Waals surface area contributed by atoms with Gasteiger partial charge in [0.05, 0.1) is 19.3 Å². The van der Waals surface area contributed by atoms with E-state index in [4.69, 9.17) is 10.5 Å². The van der Waals surface area contributed by atoms with E-state index in [0.29, 0.717) is 0 Å². The van der Waals surface area contributed by atoms with E-state index in [0.717, 1.165) is 16.9 Å².